The van der Waals surface area contributed by atoms with Crippen LogP contribution >= 0.6 is 0 Å². The van der Waals surface area contributed by atoms with Gasteiger partial charge in [-0.05, 0) is 0 Å². The molecule has 4 atom stereocenters. The van der Waals surface area contributed by atoms with Crippen LogP contribution in [0.25, 0.3) is 0 Å². The Balaban J connectivity index is 1.93. The van der Waals surface area contributed by atoms with Crippen LogP contribution in [0.2, 0.25) is 0 Å². The summed E-state index contributed by atoms with van der Waals surface area (Å²) in [5, 5.41) is 33.8. The van der Waals surface area contributed by atoms with Gasteiger partial charge in [0.1, 0.15) is 12.6 Å². The summed E-state index contributed by atoms with van der Waals surface area (Å²) in [6.07, 6.45) is -3.88. The Morgan fingerprint density at radius 2 is 2.18 bits per heavy atom. The number of aliphatic hydroxyl groups excluding tert-OH is 3. The van der Waals surface area contributed by atoms with Crippen molar-refractivity contribution in [2.24, 2.45) is 10.7 Å². The van der Waals surface area contributed by atoms with E-state index in [2.05, 4.69) is 15.6 Å². The first-order valence-electron chi connectivity index (χ1n) is 6.50. The molecule has 3 unspecified atom stereocenters. The number of nitrogens with one attached hydrogen (secondary N) is 2. The lowest BCUT2D eigenvalue weighted by Gasteiger charge is -2.43. The van der Waals surface area contributed by atoms with Crippen molar-refractivity contribution in [3.05, 3.63) is 11.5 Å². The van der Waals surface area contributed by atoms with E-state index in [-0.39, 0.29) is 18.3 Å². The van der Waals surface area contributed by atoms with Crippen LogP contribution in [0.5, 0.6) is 0 Å². The number of carbonyl (C=O) groups excluding carboxylic acids is 2. The minimum atomic E-state index is -1.55. The Morgan fingerprint density at radius 1 is 1.45 bits per heavy atom. The van der Waals surface area contributed by atoms with Gasteiger partial charge >= 0.3 is 0 Å². The van der Waals surface area contributed by atoms with E-state index >= 15 is 0 Å². The summed E-state index contributed by atoms with van der Waals surface area (Å²) >= 11 is 0. The summed E-state index contributed by atoms with van der Waals surface area (Å²) in [6.45, 7) is -0.814. The van der Waals surface area contributed by atoms with Crippen molar-refractivity contribution < 1.29 is 29.6 Å². The topological polar surface area (TPSA) is 170 Å². The van der Waals surface area contributed by atoms with E-state index in [0.29, 0.717) is 0 Å². The third-order valence-corrected chi connectivity index (χ3v) is 3.67. The minimum absolute atomic E-state index is 0.167. The van der Waals surface area contributed by atoms with E-state index in [9.17, 15) is 19.8 Å². The molecule has 0 radical (unpaired) electrons. The largest absolute Gasteiger partial charge is 0.506 e. The number of nitrogens with zero attached hydrogens (tertiary/aromatic N) is 2. The van der Waals surface area contributed by atoms with Gasteiger partial charge in [-0.1, -0.05) is 0 Å². The highest BCUT2D eigenvalue weighted by atomic mass is 16.6. The lowest BCUT2D eigenvalue weighted by atomic mass is 10.1. The van der Waals surface area contributed by atoms with Gasteiger partial charge in [-0.3, -0.25) is 25.1 Å². The first-order chi connectivity index (χ1) is 10.4. The summed E-state index contributed by atoms with van der Waals surface area (Å²) in [4.78, 5) is 29.1. The number of aliphatic imine (C=N–C) groups is 1. The number of hydrogen-bond acceptors (Lipinski definition) is 9. The molecule has 3 aliphatic rings. The van der Waals surface area contributed by atoms with Gasteiger partial charge in [0.15, 0.2) is 29.7 Å². The van der Waals surface area contributed by atoms with E-state index < -0.39 is 48.7 Å². The maximum atomic E-state index is 12.2. The van der Waals surface area contributed by atoms with Gasteiger partial charge in [-0.15, -0.1) is 0 Å². The molecular weight excluding hydrogens is 298 g/mol. The molecule has 3 rings (SSSR count). The Kier molecular flexibility index (Phi) is 3.39. The number of fused-ring (bicyclic) bond motifs is 1. The molecule has 1 fully saturated rings. The molecule has 3 heterocycles. The van der Waals surface area contributed by atoms with E-state index in [4.69, 9.17) is 15.6 Å². The number of hydrogen-bond donors (Lipinski definition) is 6. The van der Waals surface area contributed by atoms with Crippen LogP contribution in [0.15, 0.2) is 16.5 Å². The Bertz CT molecular complexity index is 590. The fourth-order valence-electron chi connectivity index (χ4n) is 2.64. The molecule has 22 heavy (non-hydrogen) atoms. The normalized spacial score (nSPS) is 35.0. The van der Waals surface area contributed by atoms with Crippen LogP contribution in [0.4, 0.5) is 0 Å². The molecule has 0 aromatic carbocycles. The molecule has 0 spiro atoms. The Morgan fingerprint density at radius 3 is 2.82 bits per heavy atom. The standard InChI is InChI=1S/C11H15N5O6/c12-11-14-8-5(9(21)15-11)13-1-4(18)16(8)10-7(20)6(19)3(2-17)22-10/h5,7-8,10,13,17,19-20H,1-2H2,(H3,12,14,15,21)/t5?,7?,8?,10-/m1/s1. The molecule has 2 amide bonds. The zero-order valence-corrected chi connectivity index (χ0v) is 11.3. The molecule has 3 aliphatic heterocycles. The predicted molar refractivity (Wildman–Crippen MR) is 69.8 cm³/mol. The van der Waals surface area contributed by atoms with Gasteiger partial charge in [0, 0.05) is 0 Å². The number of guanidine groups is 1. The van der Waals surface area contributed by atoms with Gasteiger partial charge in [-0.2, -0.15) is 0 Å². The average molecular weight is 313 g/mol. The van der Waals surface area contributed by atoms with Crippen LogP contribution in [0, 0.1) is 0 Å². The van der Waals surface area contributed by atoms with E-state index in [1.165, 1.54) is 0 Å². The van der Waals surface area contributed by atoms with Gasteiger partial charge < -0.3 is 25.8 Å². The number of piperazine rings is 1. The van der Waals surface area contributed by atoms with Crippen LogP contribution in [-0.4, -0.2) is 75.7 Å². The van der Waals surface area contributed by atoms with Gasteiger partial charge in [0.05, 0.1) is 6.54 Å². The van der Waals surface area contributed by atoms with Crippen molar-refractivity contribution in [1.82, 2.24) is 15.5 Å². The number of ether oxygens (including phenoxy) is 1. The number of carbonyl (C=O) groups is 2. The highest BCUT2D eigenvalue weighted by Crippen LogP contribution is 2.30. The summed E-state index contributed by atoms with van der Waals surface area (Å²) in [5.41, 5.74) is 5.50. The van der Waals surface area contributed by atoms with Crippen molar-refractivity contribution in [3.8, 4) is 0 Å². The predicted octanol–water partition coefficient (Wildman–Crippen LogP) is -3.96. The fraction of sp³-hybridized carbons (Fsp3) is 0.545. The van der Waals surface area contributed by atoms with E-state index in [1.807, 2.05) is 0 Å². The van der Waals surface area contributed by atoms with Crippen molar-refractivity contribution in [1.29, 1.82) is 0 Å². The molecule has 0 bridgehead atoms. The number of rotatable bonds is 2. The lowest BCUT2D eigenvalue weighted by Crippen LogP contribution is -2.71. The summed E-state index contributed by atoms with van der Waals surface area (Å²) < 4.78 is 5.23. The van der Waals surface area contributed by atoms with Crippen LogP contribution in [0.3, 0.4) is 0 Å². The summed E-state index contributed by atoms with van der Waals surface area (Å²) in [6, 6.07) is -0.860. The molecule has 0 aliphatic carbocycles. The Hall–Kier alpha value is -2.37. The van der Waals surface area contributed by atoms with Crippen molar-refractivity contribution in [2.45, 2.75) is 24.5 Å². The second kappa shape index (κ2) is 5.12. The Labute approximate surface area is 124 Å². The highest BCUT2D eigenvalue weighted by molar-refractivity contribution is 6.02. The molecular formula is C11H15N5O6. The molecule has 11 heteroatoms. The third kappa shape index (κ3) is 2.06. The smallest absolute Gasteiger partial charge is 0.247 e. The fourth-order valence-corrected chi connectivity index (χ4v) is 2.64. The molecule has 120 valence electrons. The number of nitrogens with two attached hydrogens (primary N) is 1. The second-order valence-electron chi connectivity index (χ2n) is 5.00. The van der Waals surface area contributed by atoms with Crippen LogP contribution < -0.4 is 16.4 Å². The van der Waals surface area contributed by atoms with Crippen LogP contribution in [-0.2, 0) is 14.3 Å². The molecule has 0 aromatic rings. The van der Waals surface area contributed by atoms with E-state index in [0.717, 1.165) is 4.90 Å². The monoisotopic (exact) mass is 313 g/mol. The summed E-state index contributed by atoms with van der Waals surface area (Å²) in [7, 11) is 0. The highest BCUT2D eigenvalue weighted by Gasteiger charge is 2.50. The summed E-state index contributed by atoms with van der Waals surface area (Å²) in [5.74, 6) is -1.93. The maximum absolute atomic E-state index is 12.2. The molecule has 0 aromatic heterocycles. The minimum Gasteiger partial charge on any atom is -0.506 e. The molecule has 11 nitrogen and oxygen atoms in total. The van der Waals surface area contributed by atoms with Crippen molar-refractivity contribution >= 4 is 17.8 Å². The van der Waals surface area contributed by atoms with E-state index in [1.54, 1.807) is 0 Å². The average Bonchev–Trinajstić information content (AvgIpc) is 2.74. The lowest BCUT2D eigenvalue weighted by molar-refractivity contribution is -0.161. The zero-order valence-electron chi connectivity index (χ0n) is 11.3. The number of aliphatic hydroxyl groups is 3. The first-order valence-corrected chi connectivity index (χ1v) is 6.50. The first kappa shape index (κ1) is 14.6. The van der Waals surface area contributed by atoms with Gasteiger partial charge in [0.2, 0.25) is 18.0 Å². The molecule has 7 N–H and O–H groups in total. The van der Waals surface area contributed by atoms with Crippen LogP contribution in [0.1, 0.15) is 0 Å². The molecule has 0 saturated carbocycles. The maximum Gasteiger partial charge on any atom is 0.247 e. The quantitative estimate of drug-likeness (QED) is 0.300. The van der Waals surface area contributed by atoms with Gasteiger partial charge in [0.25, 0.3) is 0 Å². The zero-order chi connectivity index (χ0) is 16.0. The molecule has 1 saturated heterocycles. The van der Waals surface area contributed by atoms with Gasteiger partial charge in [-0.25, -0.2) is 4.99 Å². The number of amides is 2. The third-order valence-electron chi connectivity index (χ3n) is 3.67. The van der Waals surface area contributed by atoms with Crippen molar-refractivity contribution in [2.75, 3.05) is 13.2 Å². The SMILES string of the molecule is NC1=NC2C(NCC(=O)N2[C@@H]2OC(CO)=C(O)C2O)C(=O)N1. The second-order valence-corrected chi connectivity index (χ2v) is 5.00. The van der Waals surface area contributed by atoms with Crippen molar-refractivity contribution in [3.63, 3.8) is 0 Å².